The number of ether oxygens (including phenoxy) is 3. The number of hydrogen-bond acceptors (Lipinski definition) is 9. The maximum atomic E-state index is 14.3. The summed E-state index contributed by atoms with van der Waals surface area (Å²) in [6, 6.07) is 28.0. The second-order valence-electron chi connectivity index (χ2n) is 18.3. The van der Waals surface area contributed by atoms with Gasteiger partial charge in [-0.3, -0.25) is 9.59 Å². The molecule has 4 N–H and O–H groups in total. The van der Waals surface area contributed by atoms with E-state index < -0.39 is 24.3 Å². The number of fused-ring (bicyclic) bond motifs is 6. The van der Waals surface area contributed by atoms with Gasteiger partial charge in [-0.15, -0.1) is 6.58 Å². The minimum atomic E-state index is -0.954. The minimum absolute atomic E-state index is 0.0967. The van der Waals surface area contributed by atoms with E-state index in [1.807, 2.05) is 49.1 Å². The zero-order chi connectivity index (χ0) is 48.2. The van der Waals surface area contributed by atoms with Crippen molar-refractivity contribution in [2.75, 3.05) is 40.5 Å². The number of amides is 4. The van der Waals surface area contributed by atoms with Crippen molar-refractivity contribution in [3.63, 3.8) is 0 Å². The summed E-state index contributed by atoms with van der Waals surface area (Å²) < 4.78 is 15.9. The Bertz CT molecular complexity index is 3070. The number of aromatic nitrogens is 4. The van der Waals surface area contributed by atoms with Gasteiger partial charge in [-0.05, 0) is 76.9 Å². The summed E-state index contributed by atoms with van der Waals surface area (Å²) in [6.45, 7) is 9.92. The van der Waals surface area contributed by atoms with Crippen molar-refractivity contribution >= 4 is 67.6 Å². The average Bonchev–Trinajstić information content (AvgIpc) is 4.11. The highest BCUT2D eigenvalue weighted by molar-refractivity contribution is 6.07. The van der Waals surface area contributed by atoms with E-state index in [1.54, 1.807) is 23.1 Å². The second-order valence-corrected chi connectivity index (χ2v) is 18.3. The maximum absolute atomic E-state index is 14.3. The van der Waals surface area contributed by atoms with Gasteiger partial charge in [-0.2, -0.15) is 0 Å². The van der Waals surface area contributed by atoms with E-state index in [2.05, 4.69) is 87.9 Å². The Morgan fingerprint density at radius 2 is 1.49 bits per heavy atom. The molecule has 15 heteroatoms. The van der Waals surface area contributed by atoms with Gasteiger partial charge < -0.3 is 44.6 Å². The molecule has 1 saturated heterocycles. The molecule has 0 bridgehead atoms. The molecule has 356 valence electrons. The summed E-state index contributed by atoms with van der Waals surface area (Å²) in [6.07, 6.45) is 6.98. The van der Waals surface area contributed by atoms with E-state index in [0.717, 1.165) is 61.2 Å². The fourth-order valence-electron chi connectivity index (χ4n) is 9.52. The van der Waals surface area contributed by atoms with E-state index >= 15 is 0 Å². The van der Waals surface area contributed by atoms with Crippen molar-refractivity contribution in [1.82, 2.24) is 40.4 Å². The molecular weight excluding hydrogens is 873 g/mol. The van der Waals surface area contributed by atoms with Crippen LogP contribution in [0.2, 0.25) is 0 Å². The van der Waals surface area contributed by atoms with Crippen LogP contribution in [0.1, 0.15) is 62.4 Å². The molecule has 2 aliphatic rings. The lowest BCUT2D eigenvalue weighted by molar-refractivity contribution is -0.136. The molecule has 15 nitrogen and oxygen atoms in total. The predicted octanol–water partition coefficient (Wildman–Crippen LogP) is 9.28. The zero-order valence-electron chi connectivity index (χ0n) is 39.4. The molecule has 5 aromatic carbocycles. The number of hydrogen-bond donors (Lipinski definition) is 4. The number of carbonyl (C=O) groups is 4. The summed E-state index contributed by atoms with van der Waals surface area (Å²) in [4.78, 5) is 73.8. The molecule has 3 heterocycles. The molecule has 7 aromatic rings. The first-order valence-electron chi connectivity index (χ1n) is 23.5. The van der Waals surface area contributed by atoms with Crippen molar-refractivity contribution in [3.05, 3.63) is 133 Å². The number of nitrogens with zero attached hydrogens (tertiary/aromatic N) is 4. The number of alkyl carbamates (subject to hydrolysis) is 2. The van der Waals surface area contributed by atoms with Crippen LogP contribution in [0, 0.1) is 17.8 Å². The lowest BCUT2D eigenvalue weighted by Gasteiger charge is -2.30. The molecule has 0 spiro atoms. The van der Waals surface area contributed by atoms with Crippen LogP contribution >= 0.6 is 0 Å². The van der Waals surface area contributed by atoms with Crippen molar-refractivity contribution in [3.8, 4) is 11.1 Å². The fourth-order valence-corrected chi connectivity index (χ4v) is 9.52. The first-order chi connectivity index (χ1) is 33.5. The summed E-state index contributed by atoms with van der Waals surface area (Å²) >= 11 is 0. The van der Waals surface area contributed by atoms with E-state index in [-0.39, 0.29) is 36.2 Å². The number of H-pyrrole nitrogens is 2. The van der Waals surface area contributed by atoms with Crippen molar-refractivity contribution in [1.29, 1.82) is 0 Å². The first kappa shape index (κ1) is 46.6. The van der Waals surface area contributed by atoms with E-state index in [0.29, 0.717) is 62.3 Å². The summed E-state index contributed by atoms with van der Waals surface area (Å²) in [5.74, 6) is 1.21. The molecule has 9 rings (SSSR count). The molecule has 1 fully saturated rings. The number of allylic oxidation sites excluding steroid dienone is 1. The van der Waals surface area contributed by atoms with Gasteiger partial charge in [-0.1, -0.05) is 98.8 Å². The van der Waals surface area contributed by atoms with Gasteiger partial charge in [0.1, 0.15) is 23.7 Å². The molecule has 2 aromatic heterocycles. The molecule has 69 heavy (non-hydrogen) atoms. The molecule has 1 aliphatic heterocycles. The van der Waals surface area contributed by atoms with Crippen LogP contribution in [0.3, 0.4) is 0 Å². The van der Waals surface area contributed by atoms with Gasteiger partial charge in [0.2, 0.25) is 11.8 Å². The van der Waals surface area contributed by atoms with Crippen molar-refractivity contribution in [2.45, 2.75) is 57.8 Å². The number of rotatable bonds is 17. The summed E-state index contributed by atoms with van der Waals surface area (Å²) in [5.41, 5.74) is 6.04. The molecule has 4 amide bonds. The van der Waals surface area contributed by atoms with Gasteiger partial charge in [0.15, 0.2) is 0 Å². The first-order valence-corrected chi connectivity index (χ1v) is 23.5. The van der Waals surface area contributed by atoms with E-state index in [1.165, 1.54) is 14.2 Å². The number of aromatic amines is 2. The second kappa shape index (κ2) is 20.4. The number of benzene rings is 5. The van der Waals surface area contributed by atoms with Gasteiger partial charge in [-0.25, -0.2) is 19.6 Å². The normalized spacial score (nSPS) is 17.5. The Morgan fingerprint density at radius 1 is 0.841 bits per heavy atom. The standard InChI is InChI=1S/C54H58N8O7/c1-6-7-24-61(51(63)47(60-54(66)68-5)35-14-9-8-10-15-35)29-45-55-42-22-18-38-26-36(16-20-40(38)48(42)57-45)37-17-21-41-39(27-37)19-23-43-49(41)58-50(56-43)44-25-34(31-69-30-33-12-11-13-33)28-62(44)52(64)46(32(2)3)59-53(65)67-4/h6,8-12,14-23,26-27,32-34,44,46-47H,1,7,13,24-25,28-31H2,2-5H3,(H,55,57)(H,56,58)(H,59,65)(H,60,66)/t33?,34-,44-,46-,47+/m0/s1. The Kier molecular flexibility index (Phi) is 13.8. The Balaban J connectivity index is 0.966. The number of likely N-dealkylation sites (tertiary alicyclic amines) is 1. The molecule has 1 unspecified atom stereocenters. The van der Waals surface area contributed by atoms with E-state index in [9.17, 15) is 19.2 Å². The average molecular weight is 931 g/mol. The quantitative estimate of drug-likeness (QED) is 0.0647. The highest BCUT2D eigenvalue weighted by Gasteiger charge is 2.42. The van der Waals surface area contributed by atoms with Crippen LogP contribution in [0.15, 0.2) is 116 Å². The third-order valence-electron chi connectivity index (χ3n) is 13.3. The largest absolute Gasteiger partial charge is 0.453 e. The lowest BCUT2D eigenvalue weighted by atomic mass is 9.96. The highest BCUT2D eigenvalue weighted by Crippen LogP contribution is 2.38. The predicted molar refractivity (Wildman–Crippen MR) is 266 cm³/mol. The minimum Gasteiger partial charge on any atom is -0.453 e. The SMILES string of the molecule is C=CCCN(Cc1nc2c(ccc3cc(-c4ccc5c(ccc6[nH]c([C@@H]7C[C@H](COCC8C=CC8)CN7C(=O)[C@@H](NC(=O)OC)C(C)C)nc65)c4)ccc32)[nH]1)C(=O)[C@H](NC(=O)OC)c1ccccc1. The number of nitrogens with one attached hydrogen (secondary N) is 4. The molecule has 5 atom stereocenters. The number of carbonyl (C=O) groups excluding carboxylic acids is 4. The van der Waals surface area contributed by atoms with Crippen molar-refractivity contribution in [2.24, 2.45) is 17.8 Å². The topological polar surface area (TPSA) is 184 Å². The van der Waals surface area contributed by atoms with Crippen LogP contribution in [-0.2, 0) is 30.3 Å². The smallest absolute Gasteiger partial charge is 0.407 e. The lowest BCUT2D eigenvalue weighted by Crippen LogP contribution is -2.51. The van der Waals surface area contributed by atoms with Crippen molar-refractivity contribution < 1.29 is 33.4 Å². The molecule has 0 radical (unpaired) electrons. The third-order valence-corrected chi connectivity index (χ3v) is 13.3. The van der Waals surface area contributed by atoms with E-state index in [4.69, 9.17) is 24.2 Å². The van der Waals surface area contributed by atoms with Crippen LogP contribution in [0.25, 0.3) is 54.7 Å². The monoisotopic (exact) mass is 930 g/mol. The number of methoxy groups -OCH3 is 2. The molecule has 1 aliphatic carbocycles. The highest BCUT2D eigenvalue weighted by atomic mass is 16.5. The fraction of sp³-hybridized carbons (Fsp3) is 0.333. The van der Waals surface area contributed by atoms with Crippen LogP contribution < -0.4 is 10.6 Å². The van der Waals surface area contributed by atoms with Crippen LogP contribution in [0.4, 0.5) is 9.59 Å². The van der Waals surface area contributed by atoms with Crippen LogP contribution in [0.5, 0.6) is 0 Å². The Labute approximate surface area is 400 Å². The third kappa shape index (κ3) is 9.91. The van der Waals surface area contributed by atoms with Gasteiger partial charge in [0, 0.05) is 35.7 Å². The molecule has 0 saturated carbocycles. The van der Waals surface area contributed by atoms with Gasteiger partial charge >= 0.3 is 12.2 Å². The van der Waals surface area contributed by atoms with Crippen LogP contribution in [-0.4, -0.2) is 100 Å². The molecular formula is C54H58N8O7. The maximum Gasteiger partial charge on any atom is 0.407 e. The van der Waals surface area contributed by atoms with Gasteiger partial charge in [0.25, 0.3) is 0 Å². The Hall–Kier alpha value is -7.52. The zero-order valence-corrected chi connectivity index (χ0v) is 39.4. The number of imidazole rings is 2. The Morgan fingerprint density at radius 3 is 2.12 bits per heavy atom. The summed E-state index contributed by atoms with van der Waals surface area (Å²) in [7, 11) is 2.57. The van der Waals surface area contributed by atoms with Gasteiger partial charge in [0.05, 0.1) is 62.1 Å². The summed E-state index contributed by atoms with van der Waals surface area (Å²) in [5, 5.41) is 9.46.